The number of nitrogens with one attached hydrogen (secondary N) is 1. The topological polar surface area (TPSA) is 101 Å². The van der Waals surface area contributed by atoms with E-state index in [1.807, 2.05) is 0 Å². The number of rotatable bonds is 7. The molecule has 0 saturated heterocycles. The molecule has 206 valence electrons. The van der Waals surface area contributed by atoms with E-state index in [-0.39, 0.29) is 34.7 Å². The van der Waals surface area contributed by atoms with Crippen LogP contribution in [0, 0.1) is 5.82 Å². The highest BCUT2D eigenvalue weighted by Crippen LogP contribution is 2.30. The van der Waals surface area contributed by atoms with Crippen molar-refractivity contribution in [2.45, 2.75) is 12.7 Å². The van der Waals surface area contributed by atoms with Crippen LogP contribution in [-0.2, 0) is 12.7 Å². The normalized spacial score (nSPS) is 11.4. The summed E-state index contributed by atoms with van der Waals surface area (Å²) in [6.45, 7) is 0.0152. The molecule has 0 fully saturated rings. The second-order valence-electron chi connectivity index (χ2n) is 9.07. The fourth-order valence-corrected chi connectivity index (χ4v) is 4.27. The van der Waals surface area contributed by atoms with Gasteiger partial charge in [0, 0.05) is 12.1 Å². The first kappa shape index (κ1) is 27.3. The summed E-state index contributed by atoms with van der Waals surface area (Å²) in [6, 6.07) is 18.2. The Morgan fingerprint density at radius 1 is 0.829 bits per heavy atom. The monoisotopic (exact) mass is 561 g/mol. The van der Waals surface area contributed by atoms with Gasteiger partial charge in [0.05, 0.1) is 17.3 Å². The van der Waals surface area contributed by atoms with Gasteiger partial charge in [-0.25, -0.2) is 14.2 Å². The van der Waals surface area contributed by atoms with E-state index in [1.165, 1.54) is 47.0 Å². The van der Waals surface area contributed by atoms with Crippen molar-refractivity contribution >= 4 is 23.3 Å². The third-order valence-electron chi connectivity index (χ3n) is 6.36. The summed E-state index contributed by atoms with van der Waals surface area (Å²) < 4.78 is 54.3. The number of hydrogen-bond acceptors (Lipinski definition) is 4. The van der Waals surface area contributed by atoms with Gasteiger partial charge in [-0.1, -0.05) is 36.4 Å². The van der Waals surface area contributed by atoms with Crippen molar-refractivity contribution in [2.75, 3.05) is 0 Å². The van der Waals surface area contributed by atoms with Crippen molar-refractivity contribution in [1.29, 1.82) is 0 Å². The molecule has 2 aromatic heterocycles. The zero-order chi connectivity index (χ0) is 29.3. The largest absolute Gasteiger partial charge is 0.478 e. The molecule has 2 N–H and O–H groups in total. The molecule has 11 heteroatoms. The molecule has 0 unspecified atom stereocenters. The van der Waals surface area contributed by atoms with Gasteiger partial charge in [-0.3, -0.25) is 14.0 Å². The van der Waals surface area contributed by atoms with Crippen LogP contribution in [0.2, 0.25) is 0 Å². The van der Waals surface area contributed by atoms with Crippen molar-refractivity contribution in [3.8, 4) is 11.1 Å². The molecular formula is C30H19F4N3O4. The number of aromatic carboxylic acids is 1. The molecule has 5 aromatic rings. The molecule has 0 radical (unpaired) electrons. The van der Waals surface area contributed by atoms with Gasteiger partial charge in [-0.2, -0.15) is 13.2 Å². The van der Waals surface area contributed by atoms with E-state index in [1.54, 1.807) is 24.3 Å². The molecule has 0 spiro atoms. The van der Waals surface area contributed by atoms with Gasteiger partial charge in [0.2, 0.25) is 5.78 Å². The Bertz CT molecular complexity index is 1790. The Balaban J connectivity index is 1.55. The van der Waals surface area contributed by atoms with Crippen LogP contribution in [0.1, 0.15) is 48.0 Å². The number of hydrogen-bond donors (Lipinski definition) is 2. The van der Waals surface area contributed by atoms with Crippen LogP contribution in [-0.4, -0.2) is 32.2 Å². The Kier molecular flexibility index (Phi) is 7.10. The number of aromatic nitrogens is 2. The van der Waals surface area contributed by atoms with Gasteiger partial charge >= 0.3 is 12.1 Å². The quantitative estimate of drug-likeness (QED) is 0.187. The number of carbonyl (C=O) groups excluding carboxylic acids is 2. The van der Waals surface area contributed by atoms with Crippen LogP contribution >= 0.6 is 0 Å². The average molecular weight is 561 g/mol. The first-order valence-electron chi connectivity index (χ1n) is 12.1. The third kappa shape index (κ3) is 5.69. The zero-order valence-electron chi connectivity index (χ0n) is 20.9. The van der Waals surface area contributed by atoms with Crippen molar-refractivity contribution in [3.05, 3.63) is 131 Å². The molecule has 2 heterocycles. The van der Waals surface area contributed by atoms with E-state index in [0.717, 1.165) is 24.3 Å². The third-order valence-corrected chi connectivity index (χ3v) is 6.36. The lowest BCUT2D eigenvalue weighted by Gasteiger charge is -2.13. The smallest absolute Gasteiger partial charge is 0.416 e. The molecule has 0 aliphatic heterocycles. The molecule has 1 amide bonds. The molecule has 3 aromatic carbocycles. The van der Waals surface area contributed by atoms with Gasteiger partial charge in [0.1, 0.15) is 22.9 Å². The maximum atomic E-state index is 14.0. The number of carboxylic acids is 1. The summed E-state index contributed by atoms with van der Waals surface area (Å²) in [4.78, 5) is 42.2. The number of carbonyl (C=O) groups is 3. The van der Waals surface area contributed by atoms with Crippen molar-refractivity contribution < 1.29 is 37.1 Å². The highest BCUT2D eigenvalue weighted by atomic mass is 19.4. The molecular weight excluding hydrogens is 542 g/mol. The molecule has 0 atom stereocenters. The second-order valence-corrected chi connectivity index (χ2v) is 9.07. The van der Waals surface area contributed by atoms with Crippen LogP contribution < -0.4 is 5.32 Å². The van der Waals surface area contributed by atoms with Gasteiger partial charge in [-0.05, 0) is 65.2 Å². The number of benzene rings is 3. The van der Waals surface area contributed by atoms with Crippen LogP contribution in [0.4, 0.5) is 17.6 Å². The standard InChI is InChI=1S/C30H19F4N3O4/c31-23-3-1-2-20(12-23)21-13-24(28(39)36-15-17-4-6-19(7-5-17)29(40)41)37-25(16-35-26(37)14-21)27(38)18-8-10-22(11-9-18)30(32,33)34/h1-14,16H,15H2,(H,36,39)(H,40,41). The van der Waals surface area contributed by atoms with Crippen LogP contribution in [0.3, 0.4) is 0 Å². The van der Waals surface area contributed by atoms with Crippen molar-refractivity contribution in [1.82, 2.24) is 14.7 Å². The van der Waals surface area contributed by atoms with Gasteiger partial charge in [-0.15, -0.1) is 0 Å². The molecule has 7 nitrogen and oxygen atoms in total. The number of imidazole rings is 1. The maximum Gasteiger partial charge on any atom is 0.416 e. The second kappa shape index (κ2) is 10.7. The number of ketones is 1. The van der Waals surface area contributed by atoms with Crippen molar-refractivity contribution in [3.63, 3.8) is 0 Å². The summed E-state index contributed by atoms with van der Waals surface area (Å²) in [5.74, 6) is -2.89. The highest BCUT2D eigenvalue weighted by molar-refractivity contribution is 6.09. The fraction of sp³-hybridized carbons (Fsp3) is 0.0667. The van der Waals surface area contributed by atoms with E-state index in [9.17, 15) is 31.9 Å². The summed E-state index contributed by atoms with van der Waals surface area (Å²) in [6.07, 6.45) is -3.36. The molecule has 5 rings (SSSR count). The van der Waals surface area contributed by atoms with Gasteiger partial charge in [0.25, 0.3) is 5.91 Å². The average Bonchev–Trinajstić information content (AvgIpc) is 3.39. The predicted molar refractivity (Wildman–Crippen MR) is 140 cm³/mol. The van der Waals surface area contributed by atoms with E-state index in [2.05, 4.69) is 10.3 Å². The molecule has 0 aliphatic carbocycles. The highest BCUT2D eigenvalue weighted by Gasteiger charge is 2.30. The first-order valence-corrected chi connectivity index (χ1v) is 12.1. The Morgan fingerprint density at radius 3 is 2.15 bits per heavy atom. The maximum absolute atomic E-state index is 14.0. The molecule has 0 saturated carbocycles. The van der Waals surface area contributed by atoms with E-state index in [4.69, 9.17) is 5.11 Å². The summed E-state index contributed by atoms with van der Waals surface area (Å²) >= 11 is 0. The predicted octanol–water partition coefficient (Wildman–Crippen LogP) is 6.02. The summed E-state index contributed by atoms with van der Waals surface area (Å²) in [5.41, 5.74) is 0.692. The minimum atomic E-state index is -4.57. The van der Waals surface area contributed by atoms with Crippen LogP contribution in [0.25, 0.3) is 16.8 Å². The molecule has 41 heavy (non-hydrogen) atoms. The minimum Gasteiger partial charge on any atom is -0.478 e. The Morgan fingerprint density at radius 2 is 1.51 bits per heavy atom. The van der Waals surface area contributed by atoms with Crippen LogP contribution in [0.5, 0.6) is 0 Å². The number of amides is 1. The number of alkyl halides is 3. The number of carboxylic acid groups (broad SMARTS) is 1. The number of fused-ring (bicyclic) bond motifs is 1. The van der Waals surface area contributed by atoms with E-state index >= 15 is 0 Å². The van der Waals surface area contributed by atoms with Gasteiger partial charge < -0.3 is 10.4 Å². The lowest BCUT2D eigenvalue weighted by molar-refractivity contribution is -0.137. The first-order chi connectivity index (χ1) is 19.5. The number of pyridine rings is 1. The fourth-order valence-electron chi connectivity index (χ4n) is 4.27. The Labute approximate surface area is 229 Å². The van der Waals surface area contributed by atoms with E-state index in [0.29, 0.717) is 16.7 Å². The van der Waals surface area contributed by atoms with Gasteiger partial charge in [0.15, 0.2) is 0 Å². The SMILES string of the molecule is O=C(O)c1ccc(CNC(=O)c2cc(-c3cccc(F)c3)cc3ncc(C(=O)c4ccc(C(F)(F)F)cc4)n23)cc1. The number of nitrogens with zero attached hydrogens (tertiary/aromatic N) is 2. The lowest BCUT2D eigenvalue weighted by atomic mass is 10.0. The summed E-state index contributed by atoms with van der Waals surface area (Å²) in [5, 5.41) is 11.8. The van der Waals surface area contributed by atoms with Crippen LogP contribution in [0.15, 0.2) is 91.1 Å². The van der Waals surface area contributed by atoms with Crippen molar-refractivity contribution in [2.24, 2.45) is 0 Å². The minimum absolute atomic E-state index is 0.0152. The zero-order valence-corrected chi connectivity index (χ0v) is 20.9. The van der Waals surface area contributed by atoms with E-state index < -0.39 is 35.2 Å². The molecule has 0 aliphatic rings. The lowest BCUT2D eigenvalue weighted by Crippen LogP contribution is -2.26. The summed E-state index contributed by atoms with van der Waals surface area (Å²) in [7, 11) is 0. The Hall–Kier alpha value is -5.32. The number of halogens is 4. The molecule has 0 bridgehead atoms.